The van der Waals surface area contributed by atoms with Gasteiger partial charge in [-0.1, -0.05) is 24.6 Å². The van der Waals surface area contributed by atoms with E-state index in [1.165, 1.54) is 0 Å². The molecule has 1 atom stereocenters. The normalized spacial score (nSPS) is 13.1. The first-order chi connectivity index (χ1) is 9.17. The standard InChI is InChI=1S/C14H18Cl2N2S/c1-10(9-19-2)8-18-13(6-7-15)17-12-5-3-4-11(16)14(12)18/h3-5,10H,6-9H2,1-2H3. The molecule has 0 N–H and O–H groups in total. The SMILES string of the molecule is CSCC(C)Cn1c(CCCl)nc2cccc(Cl)c21. The highest BCUT2D eigenvalue weighted by Gasteiger charge is 2.15. The number of thioether (sulfide) groups is 1. The summed E-state index contributed by atoms with van der Waals surface area (Å²) in [6.07, 6.45) is 2.91. The molecule has 2 aromatic rings. The Kier molecular flexibility index (Phi) is 5.43. The van der Waals surface area contributed by atoms with Crippen molar-refractivity contribution in [3.05, 3.63) is 29.0 Å². The highest BCUT2D eigenvalue weighted by atomic mass is 35.5. The van der Waals surface area contributed by atoms with Crippen molar-refractivity contribution < 1.29 is 0 Å². The molecular formula is C14H18Cl2N2S. The summed E-state index contributed by atoms with van der Waals surface area (Å²) in [5.74, 6) is 3.33. The summed E-state index contributed by atoms with van der Waals surface area (Å²) in [6.45, 7) is 3.19. The molecule has 1 aromatic carbocycles. The average molecular weight is 317 g/mol. The fourth-order valence-electron chi connectivity index (χ4n) is 2.31. The topological polar surface area (TPSA) is 17.8 Å². The molecule has 5 heteroatoms. The van der Waals surface area contributed by atoms with Gasteiger partial charge in [-0.05, 0) is 30.1 Å². The van der Waals surface area contributed by atoms with Crippen molar-refractivity contribution in [1.29, 1.82) is 0 Å². The van der Waals surface area contributed by atoms with E-state index < -0.39 is 0 Å². The summed E-state index contributed by atoms with van der Waals surface area (Å²) in [7, 11) is 0. The lowest BCUT2D eigenvalue weighted by atomic mass is 10.2. The molecule has 2 nitrogen and oxygen atoms in total. The maximum Gasteiger partial charge on any atom is 0.111 e. The van der Waals surface area contributed by atoms with Gasteiger partial charge in [0, 0.05) is 18.8 Å². The molecule has 0 saturated carbocycles. The lowest BCUT2D eigenvalue weighted by molar-refractivity contribution is 0.526. The molecular weight excluding hydrogens is 299 g/mol. The first-order valence-electron chi connectivity index (χ1n) is 6.36. The molecule has 0 aliphatic heterocycles. The first kappa shape index (κ1) is 15.0. The Balaban J connectivity index is 2.44. The van der Waals surface area contributed by atoms with E-state index in [9.17, 15) is 0 Å². The zero-order chi connectivity index (χ0) is 13.8. The maximum absolute atomic E-state index is 6.34. The van der Waals surface area contributed by atoms with Crippen molar-refractivity contribution in [3.63, 3.8) is 0 Å². The van der Waals surface area contributed by atoms with Crippen LogP contribution in [-0.2, 0) is 13.0 Å². The number of hydrogen-bond acceptors (Lipinski definition) is 2. The minimum atomic E-state index is 0.581. The van der Waals surface area contributed by atoms with Crippen LogP contribution < -0.4 is 0 Å². The number of alkyl halides is 1. The quantitative estimate of drug-likeness (QED) is 0.732. The Morgan fingerprint density at radius 1 is 1.42 bits per heavy atom. The van der Waals surface area contributed by atoms with E-state index in [2.05, 4.69) is 22.7 Å². The minimum absolute atomic E-state index is 0.581. The van der Waals surface area contributed by atoms with E-state index in [1.807, 2.05) is 30.0 Å². The Morgan fingerprint density at radius 3 is 2.89 bits per heavy atom. The predicted molar refractivity (Wildman–Crippen MR) is 86.7 cm³/mol. The summed E-state index contributed by atoms with van der Waals surface area (Å²) < 4.78 is 2.24. The number of halogens is 2. The molecule has 0 aliphatic rings. The zero-order valence-electron chi connectivity index (χ0n) is 11.2. The smallest absolute Gasteiger partial charge is 0.111 e. The first-order valence-corrected chi connectivity index (χ1v) is 8.66. The van der Waals surface area contributed by atoms with Crippen molar-refractivity contribution in [3.8, 4) is 0 Å². The summed E-state index contributed by atoms with van der Waals surface area (Å²) in [5.41, 5.74) is 2.00. The van der Waals surface area contributed by atoms with Crippen LogP contribution in [-0.4, -0.2) is 27.4 Å². The van der Waals surface area contributed by atoms with Crippen LogP contribution in [0.2, 0.25) is 5.02 Å². The summed E-state index contributed by atoms with van der Waals surface area (Å²) in [5, 5.41) is 0.766. The van der Waals surface area contributed by atoms with Crippen LogP contribution in [0, 0.1) is 5.92 Å². The average Bonchev–Trinajstić information content (AvgIpc) is 2.70. The molecule has 0 radical (unpaired) electrons. The highest BCUT2D eigenvalue weighted by molar-refractivity contribution is 7.98. The van der Waals surface area contributed by atoms with Gasteiger partial charge >= 0.3 is 0 Å². The van der Waals surface area contributed by atoms with Crippen LogP contribution in [0.5, 0.6) is 0 Å². The van der Waals surface area contributed by atoms with E-state index in [1.54, 1.807) is 0 Å². The van der Waals surface area contributed by atoms with E-state index in [4.69, 9.17) is 23.2 Å². The van der Waals surface area contributed by atoms with Crippen molar-refractivity contribution in [1.82, 2.24) is 9.55 Å². The second kappa shape index (κ2) is 6.87. The van der Waals surface area contributed by atoms with E-state index in [-0.39, 0.29) is 0 Å². The summed E-state index contributed by atoms with van der Waals surface area (Å²) >= 11 is 14.1. The van der Waals surface area contributed by atoms with Gasteiger partial charge in [-0.2, -0.15) is 11.8 Å². The lowest BCUT2D eigenvalue weighted by Gasteiger charge is -2.14. The second-order valence-corrected chi connectivity index (χ2v) is 6.44. The third-order valence-electron chi connectivity index (χ3n) is 3.06. The highest BCUT2D eigenvalue weighted by Crippen LogP contribution is 2.26. The van der Waals surface area contributed by atoms with Gasteiger partial charge in [-0.3, -0.25) is 0 Å². The van der Waals surface area contributed by atoms with E-state index in [0.29, 0.717) is 11.8 Å². The van der Waals surface area contributed by atoms with E-state index >= 15 is 0 Å². The molecule has 1 aromatic heterocycles. The molecule has 0 saturated heterocycles. The number of fused-ring (bicyclic) bond motifs is 1. The third-order valence-corrected chi connectivity index (χ3v) is 4.46. The third kappa shape index (κ3) is 3.39. The van der Waals surface area contributed by atoms with Crippen molar-refractivity contribution in [2.75, 3.05) is 17.9 Å². The molecule has 104 valence electrons. The molecule has 1 heterocycles. The summed E-state index contributed by atoms with van der Waals surface area (Å²) in [6, 6.07) is 5.87. The number of rotatable bonds is 6. The Labute approximate surface area is 128 Å². The van der Waals surface area contributed by atoms with Gasteiger partial charge < -0.3 is 4.57 Å². The van der Waals surface area contributed by atoms with Crippen LogP contribution in [0.15, 0.2) is 18.2 Å². The van der Waals surface area contributed by atoms with Gasteiger partial charge in [0.1, 0.15) is 5.82 Å². The number of para-hydroxylation sites is 1. The van der Waals surface area contributed by atoms with Gasteiger partial charge in [-0.25, -0.2) is 4.98 Å². The monoisotopic (exact) mass is 316 g/mol. The maximum atomic E-state index is 6.34. The molecule has 0 fully saturated rings. The Hall–Kier alpha value is -0.380. The van der Waals surface area contributed by atoms with E-state index in [0.717, 1.165) is 40.6 Å². The molecule has 2 rings (SSSR count). The van der Waals surface area contributed by atoms with Crippen LogP contribution in [0.3, 0.4) is 0 Å². The van der Waals surface area contributed by atoms with Crippen LogP contribution in [0.25, 0.3) is 11.0 Å². The molecule has 0 bridgehead atoms. The number of benzene rings is 1. The van der Waals surface area contributed by atoms with Gasteiger partial charge in [-0.15, -0.1) is 11.6 Å². The number of imidazole rings is 1. The number of nitrogens with zero attached hydrogens (tertiary/aromatic N) is 2. The lowest BCUT2D eigenvalue weighted by Crippen LogP contribution is -2.13. The molecule has 0 spiro atoms. The number of aryl methyl sites for hydroxylation is 1. The fraction of sp³-hybridized carbons (Fsp3) is 0.500. The van der Waals surface area contributed by atoms with Crippen LogP contribution in [0.1, 0.15) is 12.7 Å². The van der Waals surface area contributed by atoms with Crippen molar-refractivity contribution >= 4 is 46.0 Å². The Morgan fingerprint density at radius 2 is 2.21 bits per heavy atom. The Bertz CT molecular complexity index is 554. The number of aromatic nitrogens is 2. The largest absolute Gasteiger partial charge is 0.326 e. The molecule has 0 aliphatic carbocycles. The molecule has 1 unspecified atom stereocenters. The summed E-state index contributed by atoms with van der Waals surface area (Å²) in [4.78, 5) is 4.66. The van der Waals surface area contributed by atoms with Crippen molar-refractivity contribution in [2.45, 2.75) is 19.9 Å². The van der Waals surface area contributed by atoms with Crippen LogP contribution in [0.4, 0.5) is 0 Å². The molecule has 0 amide bonds. The van der Waals surface area contributed by atoms with Gasteiger partial charge in [0.2, 0.25) is 0 Å². The minimum Gasteiger partial charge on any atom is -0.326 e. The molecule has 19 heavy (non-hydrogen) atoms. The van der Waals surface area contributed by atoms with Gasteiger partial charge in [0.05, 0.1) is 16.1 Å². The van der Waals surface area contributed by atoms with Crippen molar-refractivity contribution in [2.24, 2.45) is 5.92 Å². The van der Waals surface area contributed by atoms with Gasteiger partial charge in [0.25, 0.3) is 0 Å². The second-order valence-electron chi connectivity index (χ2n) is 4.75. The fourth-order valence-corrected chi connectivity index (χ4v) is 3.43. The zero-order valence-corrected chi connectivity index (χ0v) is 13.5. The van der Waals surface area contributed by atoms with Crippen LogP contribution >= 0.6 is 35.0 Å². The van der Waals surface area contributed by atoms with Gasteiger partial charge in [0.15, 0.2) is 0 Å². The predicted octanol–water partition coefficient (Wildman–Crippen LogP) is 4.47. The number of hydrogen-bond donors (Lipinski definition) is 0.